The summed E-state index contributed by atoms with van der Waals surface area (Å²) in [5.41, 5.74) is 0. The largest absolute Gasteiger partial charge is 0.375 e. The Balaban J connectivity index is 3.46. The lowest BCUT2D eigenvalue weighted by molar-refractivity contribution is 0.00275. The smallest absolute Gasteiger partial charge is 0.0677 e. The molecule has 12 heavy (non-hydrogen) atoms. The van der Waals surface area contributed by atoms with Crippen molar-refractivity contribution in [1.82, 2.24) is 4.90 Å². The first kappa shape index (κ1) is 11.9. The summed E-state index contributed by atoms with van der Waals surface area (Å²) in [5, 5.41) is 0. The Hall–Kier alpha value is -0.0800. The van der Waals surface area contributed by atoms with Gasteiger partial charge in [0, 0.05) is 6.54 Å². The van der Waals surface area contributed by atoms with Crippen LogP contribution in [0.1, 0.15) is 34.1 Å². The molecule has 0 aromatic carbocycles. The first-order valence-electron chi connectivity index (χ1n) is 4.90. The van der Waals surface area contributed by atoms with Crippen molar-refractivity contribution in [2.45, 2.75) is 46.3 Å². The molecule has 1 unspecified atom stereocenters. The third-order valence-corrected chi connectivity index (χ3v) is 1.68. The number of likely N-dealkylation sites (N-methyl/N-ethyl adjacent to an activating group) is 1. The minimum absolute atomic E-state index is 0.343. The van der Waals surface area contributed by atoms with Gasteiger partial charge in [-0.25, -0.2) is 0 Å². The van der Waals surface area contributed by atoms with Crippen LogP contribution in [0, 0.1) is 0 Å². The number of ether oxygens (including phenoxy) is 1. The van der Waals surface area contributed by atoms with Gasteiger partial charge in [-0.15, -0.1) is 0 Å². The quantitative estimate of drug-likeness (QED) is 0.610. The van der Waals surface area contributed by atoms with Gasteiger partial charge in [0.05, 0.1) is 12.2 Å². The van der Waals surface area contributed by atoms with Crippen molar-refractivity contribution in [3.05, 3.63) is 0 Å². The highest BCUT2D eigenvalue weighted by Gasteiger charge is 2.06. The van der Waals surface area contributed by atoms with Gasteiger partial charge in [-0.2, -0.15) is 0 Å². The van der Waals surface area contributed by atoms with Crippen LogP contribution in [0.3, 0.4) is 0 Å². The maximum atomic E-state index is 5.63. The summed E-state index contributed by atoms with van der Waals surface area (Å²) in [7, 11) is 2.14. The van der Waals surface area contributed by atoms with Crippen molar-refractivity contribution in [2.24, 2.45) is 0 Å². The molecule has 2 nitrogen and oxygen atoms in total. The van der Waals surface area contributed by atoms with Gasteiger partial charge in [-0.05, 0) is 40.8 Å². The van der Waals surface area contributed by atoms with Crippen molar-refractivity contribution in [3.8, 4) is 0 Å². The fourth-order valence-corrected chi connectivity index (χ4v) is 1.42. The molecule has 0 fully saturated rings. The molecule has 0 aromatic heterocycles. The van der Waals surface area contributed by atoms with E-state index in [2.05, 4.69) is 39.6 Å². The van der Waals surface area contributed by atoms with Crippen molar-refractivity contribution >= 4 is 0 Å². The molecular formula is C10H23NO. The van der Waals surface area contributed by atoms with Crippen molar-refractivity contribution in [1.29, 1.82) is 0 Å². The number of rotatable bonds is 6. The molecular weight excluding hydrogens is 150 g/mol. The number of nitrogens with zero attached hydrogens (tertiary/aromatic N) is 1. The third kappa shape index (κ3) is 6.62. The molecule has 0 aliphatic carbocycles. The molecule has 0 radical (unpaired) electrons. The summed E-state index contributed by atoms with van der Waals surface area (Å²) >= 11 is 0. The highest BCUT2D eigenvalue weighted by molar-refractivity contribution is 4.58. The predicted molar refractivity (Wildman–Crippen MR) is 53.5 cm³/mol. The lowest BCUT2D eigenvalue weighted by atomic mass is 10.3. The van der Waals surface area contributed by atoms with Crippen molar-refractivity contribution in [3.63, 3.8) is 0 Å². The van der Waals surface area contributed by atoms with Crippen LogP contribution in [-0.2, 0) is 4.74 Å². The van der Waals surface area contributed by atoms with Crippen LogP contribution in [0.15, 0.2) is 0 Å². The Morgan fingerprint density at radius 3 is 2.25 bits per heavy atom. The molecule has 1 atom stereocenters. The van der Waals surface area contributed by atoms with Crippen molar-refractivity contribution < 1.29 is 4.74 Å². The molecule has 0 spiro atoms. The van der Waals surface area contributed by atoms with Crippen LogP contribution in [-0.4, -0.2) is 37.2 Å². The summed E-state index contributed by atoms with van der Waals surface area (Å²) in [6.07, 6.45) is 1.90. The first-order valence-corrected chi connectivity index (χ1v) is 4.90. The van der Waals surface area contributed by atoms with E-state index in [1.54, 1.807) is 0 Å². The van der Waals surface area contributed by atoms with Crippen LogP contribution in [0.2, 0.25) is 0 Å². The second-order valence-electron chi connectivity index (χ2n) is 3.76. The van der Waals surface area contributed by atoms with Crippen LogP contribution in [0.25, 0.3) is 0 Å². The zero-order chi connectivity index (χ0) is 9.56. The molecule has 0 aromatic rings. The second kappa shape index (κ2) is 6.44. The summed E-state index contributed by atoms with van der Waals surface area (Å²) in [4.78, 5) is 2.31. The van der Waals surface area contributed by atoms with Gasteiger partial charge in [0.2, 0.25) is 0 Å². The SMILES string of the molecule is CCCN(C)CC(C)OC(C)C. The standard InChI is InChI=1S/C10H23NO/c1-6-7-11(5)8-10(4)12-9(2)3/h9-10H,6-8H2,1-5H3. The molecule has 0 saturated heterocycles. The molecule has 0 bridgehead atoms. The molecule has 0 saturated carbocycles. The summed E-state index contributed by atoms with van der Waals surface area (Å²) in [5.74, 6) is 0. The average molecular weight is 173 g/mol. The molecule has 0 rings (SSSR count). The molecule has 0 amide bonds. The molecule has 74 valence electrons. The van der Waals surface area contributed by atoms with Crippen LogP contribution in [0.4, 0.5) is 0 Å². The molecule has 0 aliphatic heterocycles. The van der Waals surface area contributed by atoms with Crippen LogP contribution < -0.4 is 0 Å². The molecule has 0 heterocycles. The molecule has 2 heteroatoms. The van der Waals surface area contributed by atoms with E-state index in [-0.39, 0.29) is 0 Å². The normalized spacial score (nSPS) is 14.2. The Morgan fingerprint density at radius 1 is 1.25 bits per heavy atom. The lowest BCUT2D eigenvalue weighted by Gasteiger charge is -2.22. The summed E-state index contributed by atoms with van der Waals surface area (Å²) in [6, 6.07) is 0. The van der Waals surface area contributed by atoms with Gasteiger partial charge < -0.3 is 9.64 Å². The highest BCUT2D eigenvalue weighted by Crippen LogP contribution is 1.99. The van der Waals surface area contributed by atoms with E-state index in [1.165, 1.54) is 6.42 Å². The Labute approximate surface area is 76.9 Å². The Bertz CT molecular complexity index is 104. The van der Waals surface area contributed by atoms with Gasteiger partial charge in [0.1, 0.15) is 0 Å². The van der Waals surface area contributed by atoms with E-state index in [4.69, 9.17) is 4.74 Å². The minimum atomic E-state index is 0.343. The van der Waals surface area contributed by atoms with E-state index in [1.807, 2.05) is 0 Å². The summed E-state index contributed by atoms with van der Waals surface area (Å²) < 4.78 is 5.63. The van der Waals surface area contributed by atoms with E-state index in [0.717, 1.165) is 13.1 Å². The van der Waals surface area contributed by atoms with E-state index in [9.17, 15) is 0 Å². The maximum Gasteiger partial charge on any atom is 0.0677 e. The first-order chi connectivity index (χ1) is 5.56. The monoisotopic (exact) mass is 173 g/mol. The van der Waals surface area contributed by atoms with Gasteiger partial charge in [-0.1, -0.05) is 6.92 Å². The van der Waals surface area contributed by atoms with E-state index < -0.39 is 0 Å². The predicted octanol–water partition coefficient (Wildman–Crippen LogP) is 2.14. The molecule has 0 N–H and O–H groups in total. The topological polar surface area (TPSA) is 12.5 Å². The fourth-order valence-electron chi connectivity index (χ4n) is 1.42. The Morgan fingerprint density at radius 2 is 1.83 bits per heavy atom. The van der Waals surface area contributed by atoms with Gasteiger partial charge in [0.15, 0.2) is 0 Å². The van der Waals surface area contributed by atoms with Crippen LogP contribution in [0.5, 0.6) is 0 Å². The van der Waals surface area contributed by atoms with E-state index >= 15 is 0 Å². The fraction of sp³-hybridized carbons (Fsp3) is 1.00. The zero-order valence-electron chi connectivity index (χ0n) is 9.13. The van der Waals surface area contributed by atoms with Gasteiger partial charge in [0.25, 0.3) is 0 Å². The maximum absolute atomic E-state index is 5.63. The van der Waals surface area contributed by atoms with Gasteiger partial charge in [-0.3, -0.25) is 0 Å². The van der Waals surface area contributed by atoms with Gasteiger partial charge >= 0.3 is 0 Å². The Kier molecular flexibility index (Phi) is 6.39. The number of hydrogen-bond donors (Lipinski definition) is 0. The minimum Gasteiger partial charge on any atom is -0.375 e. The lowest BCUT2D eigenvalue weighted by Crippen LogP contribution is -2.31. The number of hydrogen-bond acceptors (Lipinski definition) is 2. The van der Waals surface area contributed by atoms with Crippen LogP contribution >= 0.6 is 0 Å². The zero-order valence-corrected chi connectivity index (χ0v) is 9.13. The second-order valence-corrected chi connectivity index (χ2v) is 3.76. The molecule has 0 aliphatic rings. The van der Waals surface area contributed by atoms with E-state index in [0.29, 0.717) is 12.2 Å². The highest BCUT2D eigenvalue weighted by atomic mass is 16.5. The van der Waals surface area contributed by atoms with Crippen molar-refractivity contribution in [2.75, 3.05) is 20.1 Å². The third-order valence-electron chi connectivity index (χ3n) is 1.68. The average Bonchev–Trinajstić information content (AvgIpc) is 1.84. The summed E-state index contributed by atoms with van der Waals surface area (Å²) in [6.45, 7) is 10.7.